The highest BCUT2D eigenvalue weighted by molar-refractivity contribution is 5.58. The van der Waals surface area contributed by atoms with Gasteiger partial charge >= 0.3 is 0 Å². The minimum absolute atomic E-state index is 0.0973. The van der Waals surface area contributed by atoms with Crippen molar-refractivity contribution >= 4 is 0 Å². The Morgan fingerprint density at radius 2 is 1.89 bits per heavy atom. The number of hydrogen-bond donors (Lipinski definition) is 1. The van der Waals surface area contributed by atoms with E-state index >= 15 is 0 Å². The van der Waals surface area contributed by atoms with Gasteiger partial charge in [-0.1, -0.05) is 48.5 Å². The van der Waals surface area contributed by atoms with Crippen molar-refractivity contribution in [1.29, 1.82) is 5.26 Å². The maximum atomic E-state index is 9.78. The van der Waals surface area contributed by atoms with E-state index in [1.54, 1.807) is 11.8 Å². The first-order valence-corrected chi connectivity index (χ1v) is 8.95. The van der Waals surface area contributed by atoms with Crippen molar-refractivity contribution in [2.24, 2.45) is 5.73 Å². The van der Waals surface area contributed by atoms with Crippen LogP contribution in [0.1, 0.15) is 28.3 Å². The Morgan fingerprint density at radius 3 is 2.61 bits per heavy atom. The van der Waals surface area contributed by atoms with Crippen LogP contribution >= 0.6 is 0 Å². The van der Waals surface area contributed by atoms with Crippen molar-refractivity contribution in [3.8, 4) is 17.7 Å². The molecule has 1 unspecified atom stereocenters. The molecule has 140 valence electrons. The number of rotatable bonds is 4. The Bertz CT molecular complexity index is 1090. The van der Waals surface area contributed by atoms with E-state index in [-0.39, 0.29) is 5.88 Å². The summed E-state index contributed by atoms with van der Waals surface area (Å²) in [5, 5.41) is 14.5. The number of fused-ring (bicyclic) bond motifs is 1. The van der Waals surface area contributed by atoms with E-state index in [2.05, 4.69) is 11.2 Å². The van der Waals surface area contributed by atoms with E-state index in [1.165, 1.54) is 0 Å². The lowest BCUT2D eigenvalue weighted by Crippen LogP contribution is -2.22. The zero-order chi connectivity index (χ0) is 19.7. The summed E-state index contributed by atoms with van der Waals surface area (Å²) in [6.07, 6.45) is 0. The minimum Gasteiger partial charge on any atom is -0.496 e. The first kappa shape index (κ1) is 17.7. The summed E-state index contributed by atoms with van der Waals surface area (Å²) in [5.74, 6) is 0.958. The first-order valence-electron chi connectivity index (χ1n) is 8.95. The van der Waals surface area contributed by atoms with Gasteiger partial charge in [0.1, 0.15) is 17.4 Å². The van der Waals surface area contributed by atoms with Crippen molar-refractivity contribution in [2.75, 3.05) is 7.11 Å². The van der Waals surface area contributed by atoms with Crippen LogP contribution in [0.15, 0.2) is 66.1 Å². The van der Waals surface area contributed by atoms with E-state index in [0.29, 0.717) is 23.7 Å². The van der Waals surface area contributed by atoms with E-state index in [4.69, 9.17) is 15.2 Å². The average molecular weight is 372 g/mol. The fraction of sp³-hybridized carbons (Fsp3) is 0.182. The average Bonchev–Trinajstić information content (AvgIpc) is 3.02. The van der Waals surface area contributed by atoms with Crippen LogP contribution in [0.5, 0.6) is 11.6 Å². The molecule has 0 aliphatic carbocycles. The van der Waals surface area contributed by atoms with Gasteiger partial charge in [-0.05, 0) is 18.6 Å². The molecule has 3 aromatic rings. The number of aryl methyl sites for hydroxylation is 1. The second-order valence-electron chi connectivity index (χ2n) is 6.61. The van der Waals surface area contributed by atoms with Crippen molar-refractivity contribution in [1.82, 2.24) is 9.78 Å². The number of benzene rings is 2. The van der Waals surface area contributed by atoms with Crippen molar-refractivity contribution in [3.63, 3.8) is 0 Å². The predicted octanol–water partition coefficient (Wildman–Crippen LogP) is 3.47. The fourth-order valence-corrected chi connectivity index (χ4v) is 3.66. The lowest BCUT2D eigenvalue weighted by Gasteiger charge is -2.26. The van der Waals surface area contributed by atoms with Gasteiger partial charge in [-0.2, -0.15) is 10.4 Å². The van der Waals surface area contributed by atoms with Crippen molar-refractivity contribution in [3.05, 3.63) is 88.4 Å². The van der Waals surface area contributed by atoms with Crippen LogP contribution in [0.25, 0.3) is 0 Å². The number of methoxy groups -OCH3 is 1. The van der Waals surface area contributed by atoms with Crippen molar-refractivity contribution < 1.29 is 9.47 Å². The van der Waals surface area contributed by atoms with E-state index in [0.717, 1.165) is 22.4 Å². The van der Waals surface area contributed by atoms with Crippen LogP contribution in [0.4, 0.5) is 0 Å². The molecule has 0 saturated carbocycles. The monoisotopic (exact) mass is 372 g/mol. The SMILES string of the molecule is COc1ccccc1C1C(C#N)=C(N)Oc2c1c(C)nn2Cc1ccccc1. The van der Waals surface area contributed by atoms with Crippen LogP contribution in [-0.2, 0) is 6.54 Å². The molecule has 6 heteroatoms. The number of hydrogen-bond acceptors (Lipinski definition) is 5. The van der Waals surface area contributed by atoms with Gasteiger partial charge in [-0.25, -0.2) is 4.68 Å². The molecule has 0 saturated heterocycles. The molecule has 6 nitrogen and oxygen atoms in total. The lowest BCUT2D eigenvalue weighted by atomic mass is 9.83. The highest BCUT2D eigenvalue weighted by Crippen LogP contribution is 2.46. The van der Waals surface area contributed by atoms with Crippen LogP contribution < -0.4 is 15.2 Å². The molecule has 0 amide bonds. The number of ether oxygens (including phenoxy) is 2. The molecule has 0 spiro atoms. The highest BCUT2D eigenvalue weighted by Gasteiger charge is 2.37. The standard InChI is InChI=1S/C22H20N4O2/c1-14-19-20(16-10-6-7-11-18(16)27-2)17(12-23)21(24)28-22(19)26(25-14)13-15-8-4-3-5-9-15/h3-11,20H,13,24H2,1-2H3. The number of aromatic nitrogens is 2. The Morgan fingerprint density at radius 1 is 1.18 bits per heavy atom. The number of para-hydroxylation sites is 1. The molecule has 1 aliphatic heterocycles. The number of nitriles is 1. The molecule has 1 aliphatic rings. The van der Waals surface area contributed by atoms with E-state index < -0.39 is 5.92 Å². The van der Waals surface area contributed by atoms with Crippen LogP contribution in [-0.4, -0.2) is 16.9 Å². The molecular formula is C22H20N4O2. The summed E-state index contributed by atoms with van der Waals surface area (Å²) in [5.41, 5.74) is 10.1. The molecular weight excluding hydrogens is 352 g/mol. The molecule has 2 N–H and O–H groups in total. The fourth-order valence-electron chi connectivity index (χ4n) is 3.66. The van der Waals surface area contributed by atoms with E-state index in [1.807, 2.05) is 61.5 Å². The van der Waals surface area contributed by atoms with Gasteiger partial charge in [0.25, 0.3) is 0 Å². The van der Waals surface area contributed by atoms with Gasteiger partial charge in [0.05, 0.1) is 30.8 Å². The van der Waals surface area contributed by atoms with Gasteiger partial charge in [0.2, 0.25) is 11.8 Å². The summed E-state index contributed by atoms with van der Waals surface area (Å²) in [6, 6.07) is 19.9. The second kappa shape index (κ2) is 7.12. The number of nitrogens with zero attached hydrogens (tertiary/aromatic N) is 3. The number of allylic oxidation sites excluding steroid dienone is 1. The molecule has 2 aromatic carbocycles. The normalized spacial score (nSPS) is 15.5. The summed E-state index contributed by atoms with van der Waals surface area (Å²) in [4.78, 5) is 0. The van der Waals surface area contributed by atoms with Crippen LogP contribution in [0, 0.1) is 18.3 Å². The van der Waals surface area contributed by atoms with Crippen molar-refractivity contribution in [2.45, 2.75) is 19.4 Å². The van der Waals surface area contributed by atoms with Crippen LogP contribution in [0.2, 0.25) is 0 Å². The molecule has 0 fully saturated rings. The Kier molecular flexibility index (Phi) is 4.50. The maximum Gasteiger partial charge on any atom is 0.224 e. The quantitative estimate of drug-likeness (QED) is 0.758. The Balaban J connectivity index is 1.88. The summed E-state index contributed by atoms with van der Waals surface area (Å²) < 4.78 is 13.2. The van der Waals surface area contributed by atoms with E-state index in [9.17, 15) is 5.26 Å². The third-order valence-electron chi connectivity index (χ3n) is 4.92. The minimum atomic E-state index is -0.394. The molecule has 28 heavy (non-hydrogen) atoms. The van der Waals surface area contributed by atoms with Crippen LogP contribution in [0.3, 0.4) is 0 Å². The zero-order valence-electron chi connectivity index (χ0n) is 15.7. The number of nitrogens with two attached hydrogens (primary N) is 1. The maximum absolute atomic E-state index is 9.78. The zero-order valence-corrected chi connectivity index (χ0v) is 15.7. The molecule has 1 atom stereocenters. The van der Waals surface area contributed by atoms with Gasteiger partial charge in [-0.3, -0.25) is 0 Å². The van der Waals surface area contributed by atoms with Gasteiger partial charge in [0.15, 0.2) is 0 Å². The Labute approximate surface area is 163 Å². The summed E-state index contributed by atoms with van der Waals surface area (Å²) in [6.45, 7) is 2.47. The predicted molar refractivity (Wildman–Crippen MR) is 105 cm³/mol. The lowest BCUT2D eigenvalue weighted by molar-refractivity contribution is 0.350. The molecule has 0 radical (unpaired) electrons. The molecule has 2 heterocycles. The first-order chi connectivity index (χ1) is 13.6. The second-order valence-corrected chi connectivity index (χ2v) is 6.61. The van der Waals surface area contributed by atoms with Gasteiger partial charge in [0, 0.05) is 5.56 Å². The largest absolute Gasteiger partial charge is 0.496 e. The third-order valence-corrected chi connectivity index (χ3v) is 4.92. The summed E-state index contributed by atoms with van der Waals surface area (Å²) in [7, 11) is 1.61. The molecule has 0 bridgehead atoms. The molecule has 4 rings (SSSR count). The van der Waals surface area contributed by atoms with Gasteiger partial charge in [-0.15, -0.1) is 0 Å². The van der Waals surface area contributed by atoms with Gasteiger partial charge < -0.3 is 15.2 Å². The summed E-state index contributed by atoms with van der Waals surface area (Å²) >= 11 is 0. The Hall–Kier alpha value is -3.72. The molecule has 1 aromatic heterocycles. The third kappa shape index (κ3) is 2.87. The topological polar surface area (TPSA) is 86.1 Å². The smallest absolute Gasteiger partial charge is 0.224 e. The highest BCUT2D eigenvalue weighted by atomic mass is 16.5.